The summed E-state index contributed by atoms with van der Waals surface area (Å²) in [6.45, 7) is 9.00. The maximum absolute atomic E-state index is 13.5. The van der Waals surface area contributed by atoms with Crippen LogP contribution in [0.5, 0.6) is 0 Å². The highest BCUT2D eigenvalue weighted by atomic mass is 32.2. The Morgan fingerprint density at radius 2 is 0.676 bits per heavy atom. The Labute approximate surface area is 237 Å². The van der Waals surface area contributed by atoms with Crippen LogP contribution in [-0.2, 0) is 15.6 Å². The predicted octanol–water partition coefficient (Wildman–Crippen LogP) is 12.0. The van der Waals surface area contributed by atoms with Gasteiger partial charge in [-0.3, -0.25) is 0 Å². The predicted molar refractivity (Wildman–Crippen MR) is 171 cm³/mol. The van der Waals surface area contributed by atoms with Gasteiger partial charge in [-0.05, 0) is 25.7 Å². The molecule has 5 heteroatoms. The summed E-state index contributed by atoms with van der Waals surface area (Å²) < 4.78 is 32.1. The Hall–Kier alpha value is 0.340. The molecule has 1 N–H and O–H groups in total. The summed E-state index contributed by atoms with van der Waals surface area (Å²) in [7, 11) is -1.89. The van der Waals surface area contributed by atoms with Crippen molar-refractivity contribution in [3.05, 3.63) is 0 Å². The lowest BCUT2D eigenvalue weighted by Crippen LogP contribution is -2.02. The van der Waals surface area contributed by atoms with Crippen LogP contribution in [0, 0.1) is 0 Å². The van der Waals surface area contributed by atoms with Crippen LogP contribution in [0.4, 0.5) is 0 Å². The quantitative estimate of drug-likeness (QED) is 0.0584. The third kappa shape index (κ3) is 34.3. The molecule has 0 radical (unpaired) electrons. The fraction of sp³-hybridized carbons (Fsp3) is 1.00. The van der Waals surface area contributed by atoms with Gasteiger partial charge in [-0.15, -0.1) is 0 Å². The second kappa shape index (κ2) is 32.6. The summed E-state index contributed by atoms with van der Waals surface area (Å²) in [5.74, 6) is 0.451. The molecule has 1 atom stereocenters. The molecular formula is C32H69O3PS. The Morgan fingerprint density at radius 3 is 0.946 bits per heavy atom. The Kier molecular flexibility index (Phi) is 34.7. The maximum atomic E-state index is 13.5. The Bertz CT molecular complexity index is 451. The van der Waals surface area contributed by atoms with Gasteiger partial charge < -0.3 is 9.12 Å². The summed E-state index contributed by atoms with van der Waals surface area (Å²) in [5.41, 5.74) is 0. The van der Waals surface area contributed by atoms with Crippen LogP contribution < -0.4 is 0 Å². The molecule has 0 aromatic rings. The van der Waals surface area contributed by atoms with E-state index in [0.29, 0.717) is 5.75 Å². The highest BCUT2D eigenvalue weighted by Gasteiger charge is 2.20. The summed E-state index contributed by atoms with van der Waals surface area (Å²) in [6, 6.07) is 0. The molecule has 0 aliphatic carbocycles. The molecule has 0 heterocycles. The van der Waals surface area contributed by atoms with Crippen molar-refractivity contribution in [3.8, 4) is 0 Å². The van der Waals surface area contributed by atoms with Gasteiger partial charge in [0.25, 0.3) is 0 Å². The monoisotopic (exact) mass is 564 g/mol. The standard InChI is InChI=1S/C24H51OP.C8H18O2S/c1-4-7-10-13-16-19-22-26(25,23-20-17-14-11-8-5-2)24-21-18-15-12-9-6-3;1-2-3-4-5-6-7-8-11(9)10/h4-24H2,1-3H3;2-8H2,1H3,(H,9,10). The lowest BCUT2D eigenvalue weighted by Gasteiger charge is -2.18. The molecule has 0 amide bonds. The second-order valence-corrected chi connectivity index (χ2v) is 15.8. The molecule has 226 valence electrons. The van der Waals surface area contributed by atoms with Crippen molar-refractivity contribution < 1.29 is 13.3 Å². The van der Waals surface area contributed by atoms with Gasteiger partial charge in [-0.1, -0.05) is 156 Å². The van der Waals surface area contributed by atoms with E-state index in [1.165, 1.54) is 141 Å². The molecule has 0 fully saturated rings. The second-order valence-electron chi connectivity index (χ2n) is 11.3. The zero-order chi connectivity index (χ0) is 27.9. The van der Waals surface area contributed by atoms with Crippen molar-refractivity contribution in [2.75, 3.05) is 24.2 Å². The van der Waals surface area contributed by atoms with Crippen LogP contribution in [0.25, 0.3) is 0 Å². The van der Waals surface area contributed by atoms with Gasteiger partial charge in [0.05, 0.1) is 7.14 Å². The van der Waals surface area contributed by atoms with E-state index in [2.05, 4.69) is 27.7 Å². The van der Waals surface area contributed by atoms with Crippen molar-refractivity contribution in [2.24, 2.45) is 0 Å². The average molecular weight is 565 g/mol. The third-order valence-electron chi connectivity index (χ3n) is 7.43. The van der Waals surface area contributed by atoms with E-state index < -0.39 is 18.2 Å². The summed E-state index contributed by atoms with van der Waals surface area (Å²) in [6.07, 6.45) is 33.9. The van der Waals surface area contributed by atoms with Gasteiger partial charge in [-0.2, -0.15) is 0 Å². The van der Waals surface area contributed by atoms with Crippen LogP contribution in [0.1, 0.15) is 182 Å². The van der Waals surface area contributed by atoms with E-state index in [1.54, 1.807) is 0 Å². The molecule has 0 spiro atoms. The van der Waals surface area contributed by atoms with Crippen LogP contribution in [-0.4, -0.2) is 33.0 Å². The zero-order valence-electron chi connectivity index (χ0n) is 25.9. The third-order valence-corrected chi connectivity index (χ3v) is 11.5. The fourth-order valence-electron chi connectivity index (χ4n) is 4.88. The van der Waals surface area contributed by atoms with Crippen LogP contribution >= 0.6 is 7.14 Å². The van der Waals surface area contributed by atoms with Crippen LogP contribution in [0.15, 0.2) is 0 Å². The molecule has 0 aromatic carbocycles. The first kappa shape index (κ1) is 39.5. The van der Waals surface area contributed by atoms with Gasteiger partial charge in [0.1, 0.15) is 0 Å². The summed E-state index contributed by atoms with van der Waals surface area (Å²) in [5, 5.41) is 0. The molecule has 0 rings (SSSR count). The normalized spacial score (nSPS) is 12.4. The van der Waals surface area contributed by atoms with E-state index in [-0.39, 0.29) is 0 Å². The summed E-state index contributed by atoms with van der Waals surface area (Å²) >= 11 is -1.57. The molecule has 0 saturated carbocycles. The molecule has 0 aliphatic rings. The van der Waals surface area contributed by atoms with Crippen LogP contribution in [0.3, 0.4) is 0 Å². The van der Waals surface area contributed by atoms with Crippen molar-refractivity contribution in [2.45, 2.75) is 182 Å². The van der Waals surface area contributed by atoms with Crippen molar-refractivity contribution in [1.29, 1.82) is 0 Å². The number of hydrogen-bond acceptors (Lipinski definition) is 2. The highest BCUT2D eigenvalue weighted by Crippen LogP contribution is 2.48. The minimum atomic E-state index is -1.89. The van der Waals surface area contributed by atoms with Gasteiger partial charge in [0.15, 0.2) is 11.1 Å². The van der Waals surface area contributed by atoms with Gasteiger partial charge in [0.2, 0.25) is 0 Å². The number of rotatable bonds is 28. The van der Waals surface area contributed by atoms with E-state index in [0.717, 1.165) is 31.3 Å². The van der Waals surface area contributed by atoms with Gasteiger partial charge in [0, 0.05) is 24.2 Å². The number of hydrogen-bond donors (Lipinski definition) is 1. The minimum absolute atomic E-state index is 0.451. The first-order chi connectivity index (χ1) is 18.0. The molecule has 0 aliphatic heterocycles. The topological polar surface area (TPSA) is 54.4 Å². The molecule has 0 aromatic heterocycles. The molecule has 1 unspecified atom stereocenters. The summed E-state index contributed by atoms with van der Waals surface area (Å²) in [4.78, 5) is 0. The first-order valence-corrected chi connectivity index (χ1v) is 20.1. The molecule has 37 heavy (non-hydrogen) atoms. The average Bonchev–Trinajstić information content (AvgIpc) is 2.88. The Morgan fingerprint density at radius 1 is 0.432 bits per heavy atom. The van der Waals surface area contributed by atoms with E-state index in [9.17, 15) is 8.77 Å². The molecular weight excluding hydrogens is 495 g/mol. The minimum Gasteiger partial charge on any atom is -0.324 e. The lowest BCUT2D eigenvalue weighted by molar-refractivity contribution is 0.554. The highest BCUT2D eigenvalue weighted by molar-refractivity contribution is 7.79. The Balaban J connectivity index is 0. The lowest BCUT2D eigenvalue weighted by atomic mass is 10.1. The zero-order valence-corrected chi connectivity index (χ0v) is 27.6. The van der Waals surface area contributed by atoms with Gasteiger partial charge >= 0.3 is 0 Å². The van der Waals surface area contributed by atoms with E-state index >= 15 is 0 Å². The van der Waals surface area contributed by atoms with E-state index in [1.807, 2.05) is 0 Å². The first-order valence-electron chi connectivity index (χ1n) is 16.6. The largest absolute Gasteiger partial charge is 0.324 e. The van der Waals surface area contributed by atoms with Crippen molar-refractivity contribution in [3.63, 3.8) is 0 Å². The SMILES string of the molecule is CCCCCCCCP(=O)(CCCCCCCC)CCCCCCCC.CCCCCCCCS(=O)O. The van der Waals surface area contributed by atoms with Crippen molar-refractivity contribution >= 4 is 18.2 Å². The fourth-order valence-corrected chi connectivity index (χ4v) is 8.40. The molecule has 3 nitrogen and oxygen atoms in total. The molecule has 0 bridgehead atoms. The molecule has 0 saturated heterocycles. The van der Waals surface area contributed by atoms with Gasteiger partial charge in [-0.25, -0.2) is 4.21 Å². The van der Waals surface area contributed by atoms with E-state index in [4.69, 9.17) is 4.55 Å². The maximum Gasteiger partial charge on any atom is 0.152 e. The van der Waals surface area contributed by atoms with Crippen molar-refractivity contribution in [1.82, 2.24) is 0 Å². The number of unbranched alkanes of at least 4 members (excludes halogenated alkanes) is 20. The van der Waals surface area contributed by atoms with Crippen LogP contribution in [0.2, 0.25) is 0 Å². The smallest absolute Gasteiger partial charge is 0.152 e.